The van der Waals surface area contributed by atoms with Gasteiger partial charge in [0.1, 0.15) is 4.88 Å². The molecule has 0 aliphatic rings. The smallest absolute Gasteiger partial charge is 0.263 e. The van der Waals surface area contributed by atoms with Crippen molar-refractivity contribution in [2.45, 2.75) is 6.92 Å². The number of rotatable bonds is 1. The Labute approximate surface area is 91.9 Å². The molecule has 4 heteroatoms. The van der Waals surface area contributed by atoms with Crippen molar-refractivity contribution in [1.82, 2.24) is 5.32 Å². The third kappa shape index (κ3) is 1.57. The molecule has 2 aromatic rings. The van der Waals surface area contributed by atoms with Crippen LogP contribution >= 0.6 is 11.3 Å². The average molecular weight is 220 g/mol. The Balaban J connectivity index is 2.69. The Bertz CT molecular complexity index is 531. The molecule has 0 radical (unpaired) electrons. The van der Waals surface area contributed by atoms with E-state index in [1.54, 1.807) is 7.05 Å². The van der Waals surface area contributed by atoms with Crippen LogP contribution < -0.4 is 11.1 Å². The molecule has 0 spiro atoms. The Kier molecular flexibility index (Phi) is 2.36. The fourth-order valence-corrected chi connectivity index (χ4v) is 2.67. The largest absolute Gasteiger partial charge is 0.397 e. The number of anilines is 1. The maximum atomic E-state index is 11.5. The quantitative estimate of drug-likeness (QED) is 0.773. The zero-order chi connectivity index (χ0) is 11.0. The van der Waals surface area contributed by atoms with Crippen LogP contribution in [0, 0.1) is 6.92 Å². The van der Waals surface area contributed by atoms with E-state index in [2.05, 4.69) is 5.32 Å². The molecule has 0 aliphatic heterocycles. The topological polar surface area (TPSA) is 55.1 Å². The lowest BCUT2D eigenvalue weighted by atomic mass is 10.1. The molecule has 78 valence electrons. The highest BCUT2D eigenvalue weighted by Gasteiger charge is 2.14. The highest BCUT2D eigenvalue weighted by atomic mass is 32.1. The lowest BCUT2D eigenvalue weighted by molar-refractivity contribution is 0.0968. The molecule has 2 rings (SSSR count). The molecule has 1 aromatic heterocycles. The summed E-state index contributed by atoms with van der Waals surface area (Å²) in [6, 6.07) is 6.00. The number of benzene rings is 1. The van der Waals surface area contributed by atoms with Crippen LogP contribution in [0.1, 0.15) is 15.2 Å². The number of nitrogens with two attached hydrogens (primary N) is 1. The lowest BCUT2D eigenvalue weighted by Crippen LogP contribution is -2.17. The van der Waals surface area contributed by atoms with Gasteiger partial charge in [-0.05, 0) is 18.6 Å². The zero-order valence-corrected chi connectivity index (χ0v) is 9.44. The number of hydrogen-bond donors (Lipinski definition) is 2. The number of amides is 1. The Morgan fingerprint density at radius 2 is 2.20 bits per heavy atom. The fourth-order valence-electron chi connectivity index (χ4n) is 1.51. The van der Waals surface area contributed by atoms with Crippen LogP contribution in [0.15, 0.2) is 18.2 Å². The first-order valence-electron chi connectivity index (χ1n) is 4.64. The molecule has 0 unspecified atom stereocenters. The van der Waals surface area contributed by atoms with Gasteiger partial charge in [0.25, 0.3) is 5.91 Å². The molecule has 1 aromatic carbocycles. The van der Waals surface area contributed by atoms with Crippen LogP contribution in [0.25, 0.3) is 10.1 Å². The predicted octanol–water partition coefficient (Wildman–Crippen LogP) is 2.15. The number of aryl methyl sites for hydroxylation is 1. The molecular weight excluding hydrogens is 208 g/mol. The number of nitrogens with one attached hydrogen (secondary N) is 1. The summed E-state index contributed by atoms with van der Waals surface area (Å²) >= 11 is 1.43. The van der Waals surface area contributed by atoms with E-state index in [0.717, 1.165) is 10.1 Å². The lowest BCUT2D eigenvalue weighted by Gasteiger charge is -1.96. The Morgan fingerprint density at radius 3 is 2.87 bits per heavy atom. The van der Waals surface area contributed by atoms with Crippen molar-refractivity contribution in [3.05, 3.63) is 28.6 Å². The van der Waals surface area contributed by atoms with Gasteiger partial charge in [0.15, 0.2) is 0 Å². The number of carbonyl (C=O) groups excluding carboxylic acids is 1. The summed E-state index contributed by atoms with van der Waals surface area (Å²) < 4.78 is 1.06. The molecular formula is C11H12N2OS. The molecule has 3 N–H and O–H groups in total. The van der Waals surface area contributed by atoms with Crippen LogP contribution in [-0.2, 0) is 0 Å². The van der Waals surface area contributed by atoms with Crippen molar-refractivity contribution in [2.24, 2.45) is 0 Å². The van der Waals surface area contributed by atoms with Gasteiger partial charge < -0.3 is 11.1 Å². The van der Waals surface area contributed by atoms with Crippen LogP contribution in [0.3, 0.4) is 0 Å². The van der Waals surface area contributed by atoms with Crippen molar-refractivity contribution in [1.29, 1.82) is 0 Å². The number of fused-ring (bicyclic) bond motifs is 1. The van der Waals surface area contributed by atoms with Gasteiger partial charge >= 0.3 is 0 Å². The van der Waals surface area contributed by atoms with Crippen molar-refractivity contribution < 1.29 is 4.79 Å². The standard InChI is InChI=1S/C11H12N2OS/c1-6-3-4-7-8(5-6)15-10(9(7)12)11(14)13-2/h3-5H,12H2,1-2H3,(H,13,14). The van der Waals surface area contributed by atoms with Gasteiger partial charge in [-0.2, -0.15) is 0 Å². The molecule has 1 amide bonds. The van der Waals surface area contributed by atoms with Gasteiger partial charge in [0.05, 0.1) is 5.69 Å². The second-order valence-corrected chi connectivity index (χ2v) is 4.48. The van der Waals surface area contributed by atoms with E-state index >= 15 is 0 Å². The zero-order valence-electron chi connectivity index (χ0n) is 8.63. The van der Waals surface area contributed by atoms with E-state index in [9.17, 15) is 4.79 Å². The fraction of sp³-hybridized carbons (Fsp3) is 0.182. The maximum absolute atomic E-state index is 11.5. The second-order valence-electron chi connectivity index (χ2n) is 3.42. The molecule has 1 heterocycles. The summed E-state index contributed by atoms with van der Waals surface area (Å²) in [6.07, 6.45) is 0. The van der Waals surface area contributed by atoms with E-state index in [4.69, 9.17) is 5.73 Å². The van der Waals surface area contributed by atoms with E-state index < -0.39 is 0 Å². The Morgan fingerprint density at radius 1 is 1.47 bits per heavy atom. The molecule has 0 aliphatic carbocycles. The SMILES string of the molecule is CNC(=O)c1sc2cc(C)ccc2c1N. The summed E-state index contributed by atoms with van der Waals surface area (Å²) in [6.45, 7) is 2.02. The van der Waals surface area contributed by atoms with Gasteiger partial charge in [-0.25, -0.2) is 0 Å². The number of hydrogen-bond acceptors (Lipinski definition) is 3. The van der Waals surface area contributed by atoms with E-state index in [0.29, 0.717) is 10.6 Å². The minimum atomic E-state index is -0.119. The predicted molar refractivity (Wildman–Crippen MR) is 64.4 cm³/mol. The number of nitrogen functional groups attached to an aromatic ring is 1. The minimum absolute atomic E-state index is 0.119. The second kappa shape index (κ2) is 3.55. The summed E-state index contributed by atoms with van der Waals surface area (Å²) in [5.74, 6) is -0.119. The van der Waals surface area contributed by atoms with Crippen LogP contribution in [0.5, 0.6) is 0 Å². The molecule has 0 fully saturated rings. The minimum Gasteiger partial charge on any atom is -0.397 e. The van der Waals surface area contributed by atoms with Crippen molar-refractivity contribution in [3.8, 4) is 0 Å². The van der Waals surface area contributed by atoms with E-state index in [-0.39, 0.29) is 5.91 Å². The average Bonchev–Trinajstić information content (AvgIpc) is 2.54. The molecule has 0 bridgehead atoms. The van der Waals surface area contributed by atoms with Gasteiger partial charge in [0, 0.05) is 17.1 Å². The molecule has 15 heavy (non-hydrogen) atoms. The third-order valence-corrected chi connectivity index (χ3v) is 3.48. The normalized spacial score (nSPS) is 10.5. The van der Waals surface area contributed by atoms with Crippen molar-refractivity contribution in [2.75, 3.05) is 12.8 Å². The summed E-state index contributed by atoms with van der Waals surface area (Å²) in [5, 5.41) is 3.55. The van der Waals surface area contributed by atoms with Gasteiger partial charge in [0.2, 0.25) is 0 Å². The van der Waals surface area contributed by atoms with Gasteiger partial charge in [-0.1, -0.05) is 12.1 Å². The highest BCUT2D eigenvalue weighted by Crippen LogP contribution is 2.33. The molecule has 0 atom stereocenters. The monoisotopic (exact) mass is 220 g/mol. The maximum Gasteiger partial charge on any atom is 0.263 e. The number of thiophene rings is 1. The molecule has 0 saturated heterocycles. The van der Waals surface area contributed by atoms with Crippen LogP contribution in [-0.4, -0.2) is 13.0 Å². The highest BCUT2D eigenvalue weighted by molar-refractivity contribution is 7.21. The first kappa shape index (κ1) is 9.98. The van der Waals surface area contributed by atoms with Gasteiger partial charge in [-0.3, -0.25) is 4.79 Å². The van der Waals surface area contributed by atoms with E-state index in [1.807, 2.05) is 25.1 Å². The first-order chi connectivity index (χ1) is 7.13. The summed E-state index contributed by atoms with van der Waals surface area (Å²) in [4.78, 5) is 12.1. The molecule has 0 saturated carbocycles. The van der Waals surface area contributed by atoms with Crippen molar-refractivity contribution >= 4 is 33.0 Å². The van der Waals surface area contributed by atoms with Crippen LogP contribution in [0.2, 0.25) is 0 Å². The van der Waals surface area contributed by atoms with Crippen molar-refractivity contribution in [3.63, 3.8) is 0 Å². The van der Waals surface area contributed by atoms with Gasteiger partial charge in [-0.15, -0.1) is 11.3 Å². The summed E-state index contributed by atoms with van der Waals surface area (Å²) in [7, 11) is 1.61. The number of carbonyl (C=O) groups is 1. The molecule has 3 nitrogen and oxygen atoms in total. The third-order valence-electron chi connectivity index (χ3n) is 2.32. The van der Waals surface area contributed by atoms with E-state index in [1.165, 1.54) is 16.9 Å². The van der Waals surface area contributed by atoms with Crippen LogP contribution in [0.4, 0.5) is 5.69 Å². The first-order valence-corrected chi connectivity index (χ1v) is 5.46. The Hall–Kier alpha value is -1.55. The summed E-state index contributed by atoms with van der Waals surface area (Å²) in [5.41, 5.74) is 7.67.